The normalized spacial score (nSPS) is 16.1. The van der Waals surface area contributed by atoms with Crippen molar-refractivity contribution in [2.75, 3.05) is 33.2 Å². The van der Waals surface area contributed by atoms with Gasteiger partial charge in [0, 0.05) is 30.6 Å². The van der Waals surface area contributed by atoms with Crippen LogP contribution in [0.3, 0.4) is 0 Å². The Balaban J connectivity index is 2.12. The van der Waals surface area contributed by atoms with Crippen LogP contribution in [0.15, 0.2) is 18.2 Å². The summed E-state index contributed by atoms with van der Waals surface area (Å²) < 4.78 is 10.4. The first-order valence-electron chi connectivity index (χ1n) is 6.76. The van der Waals surface area contributed by atoms with E-state index in [1.807, 2.05) is 4.90 Å². The molecule has 0 N–H and O–H groups in total. The number of hydrogen-bond donors (Lipinski definition) is 0. The van der Waals surface area contributed by atoms with Gasteiger partial charge in [-0.3, -0.25) is 4.79 Å². The van der Waals surface area contributed by atoms with Crippen LogP contribution < -0.4 is 9.47 Å². The highest BCUT2D eigenvalue weighted by Gasteiger charge is 2.23. The standard InChI is InChI=1S/C15H20ClNO3/c1-19-13-7-12(8-14(9-13)20-2)15(18)17-5-3-11(10-16)4-6-17/h7-9,11H,3-6,10H2,1-2H3. The maximum atomic E-state index is 12.5. The first-order chi connectivity index (χ1) is 9.67. The van der Waals surface area contributed by atoms with E-state index in [4.69, 9.17) is 21.1 Å². The van der Waals surface area contributed by atoms with Gasteiger partial charge in [-0.15, -0.1) is 11.6 Å². The fraction of sp³-hybridized carbons (Fsp3) is 0.533. The van der Waals surface area contributed by atoms with E-state index in [9.17, 15) is 4.79 Å². The van der Waals surface area contributed by atoms with Crippen molar-refractivity contribution in [3.63, 3.8) is 0 Å². The molecular formula is C15H20ClNO3. The number of benzene rings is 1. The minimum absolute atomic E-state index is 0.0234. The summed E-state index contributed by atoms with van der Waals surface area (Å²) in [5, 5.41) is 0. The highest BCUT2D eigenvalue weighted by Crippen LogP contribution is 2.25. The Kier molecular flexibility index (Phi) is 5.12. The molecule has 5 heteroatoms. The molecule has 0 unspecified atom stereocenters. The summed E-state index contributed by atoms with van der Waals surface area (Å²) in [5.41, 5.74) is 0.602. The van der Waals surface area contributed by atoms with Gasteiger partial charge in [-0.1, -0.05) is 0 Å². The molecule has 1 fully saturated rings. The van der Waals surface area contributed by atoms with Gasteiger partial charge >= 0.3 is 0 Å². The third-order valence-corrected chi connectivity index (χ3v) is 4.15. The summed E-state index contributed by atoms with van der Waals surface area (Å²) in [6.07, 6.45) is 1.94. The van der Waals surface area contributed by atoms with Crippen molar-refractivity contribution in [2.45, 2.75) is 12.8 Å². The molecule has 0 radical (unpaired) electrons. The molecule has 1 aromatic rings. The van der Waals surface area contributed by atoms with E-state index in [1.165, 1.54) is 0 Å². The number of methoxy groups -OCH3 is 2. The van der Waals surface area contributed by atoms with Crippen LogP contribution in [-0.4, -0.2) is 44.0 Å². The van der Waals surface area contributed by atoms with Gasteiger partial charge in [-0.05, 0) is 30.9 Å². The second-order valence-corrected chi connectivity index (χ2v) is 5.30. The number of amides is 1. The van der Waals surface area contributed by atoms with Crippen molar-refractivity contribution in [1.82, 2.24) is 4.90 Å². The number of carbonyl (C=O) groups excluding carboxylic acids is 1. The molecule has 20 heavy (non-hydrogen) atoms. The highest BCUT2D eigenvalue weighted by atomic mass is 35.5. The zero-order valence-electron chi connectivity index (χ0n) is 11.9. The maximum Gasteiger partial charge on any atom is 0.254 e. The van der Waals surface area contributed by atoms with Crippen LogP contribution in [0, 0.1) is 5.92 Å². The summed E-state index contributed by atoms with van der Waals surface area (Å²) in [7, 11) is 3.16. The van der Waals surface area contributed by atoms with E-state index in [2.05, 4.69) is 0 Å². The van der Waals surface area contributed by atoms with Gasteiger partial charge in [0.05, 0.1) is 14.2 Å². The van der Waals surface area contributed by atoms with Gasteiger partial charge < -0.3 is 14.4 Å². The molecule has 1 aliphatic heterocycles. The van der Waals surface area contributed by atoms with Crippen LogP contribution in [0.4, 0.5) is 0 Å². The summed E-state index contributed by atoms with van der Waals surface area (Å²) in [5.74, 6) is 2.48. The number of rotatable bonds is 4. The molecule has 1 saturated heterocycles. The number of nitrogens with zero attached hydrogens (tertiary/aromatic N) is 1. The molecule has 0 bridgehead atoms. The monoisotopic (exact) mass is 297 g/mol. The van der Waals surface area contributed by atoms with Crippen molar-refractivity contribution in [3.8, 4) is 11.5 Å². The Labute approximate surface area is 124 Å². The predicted molar refractivity (Wildman–Crippen MR) is 78.9 cm³/mol. The van der Waals surface area contributed by atoms with E-state index >= 15 is 0 Å². The number of carbonyl (C=O) groups is 1. The zero-order valence-corrected chi connectivity index (χ0v) is 12.7. The average Bonchev–Trinajstić information content (AvgIpc) is 2.53. The van der Waals surface area contributed by atoms with Gasteiger partial charge in [0.15, 0.2) is 0 Å². The second kappa shape index (κ2) is 6.84. The van der Waals surface area contributed by atoms with E-state index in [-0.39, 0.29) is 5.91 Å². The molecule has 1 heterocycles. The van der Waals surface area contributed by atoms with E-state index in [0.717, 1.165) is 25.9 Å². The Bertz CT molecular complexity index is 448. The van der Waals surface area contributed by atoms with Crippen molar-refractivity contribution in [2.24, 2.45) is 5.92 Å². The Hall–Kier alpha value is -1.42. The summed E-state index contributed by atoms with van der Waals surface area (Å²) in [4.78, 5) is 14.4. The van der Waals surface area contributed by atoms with E-state index in [0.29, 0.717) is 28.9 Å². The average molecular weight is 298 g/mol. The van der Waals surface area contributed by atoms with Crippen LogP contribution in [-0.2, 0) is 0 Å². The molecular weight excluding hydrogens is 278 g/mol. The smallest absolute Gasteiger partial charge is 0.254 e. The first kappa shape index (κ1) is 15.0. The van der Waals surface area contributed by atoms with Crippen LogP contribution in [0.5, 0.6) is 11.5 Å². The SMILES string of the molecule is COc1cc(OC)cc(C(=O)N2CCC(CCl)CC2)c1. The van der Waals surface area contributed by atoms with Gasteiger partial charge in [0.25, 0.3) is 5.91 Å². The summed E-state index contributed by atoms with van der Waals surface area (Å²) >= 11 is 5.87. The lowest BCUT2D eigenvalue weighted by molar-refractivity contribution is 0.0697. The predicted octanol–water partition coefficient (Wildman–Crippen LogP) is 2.79. The van der Waals surface area contributed by atoms with Gasteiger partial charge in [-0.25, -0.2) is 0 Å². The molecule has 1 amide bonds. The number of likely N-dealkylation sites (tertiary alicyclic amines) is 1. The van der Waals surface area contributed by atoms with Gasteiger partial charge in [0.2, 0.25) is 0 Å². The quantitative estimate of drug-likeness (QED) is 0.802. The van der Waals surface area contributed by atoms with Gasteiger partial charge in [0.1, 0.15) is 11.5 Å². The molecule has 0 spiro atoms. The lowest BCUT2D eigenvalue weighted by Crippen LogP contribution is -2.38. The molecule has 0 aromatic heterocycles. The van der Waals surface area contributed by atoms with Crippen LogP contribution >= 0.6 is 11.6 Å². The van der Waals surface area contributed by atoms with Gasteiger partial charge in [-0.2, -0.15) is 0 Å². The number of hydrogen-bond acceptors (Lipinski definition) is 3. The topological polar surface area (TPSA) is 38.8 Å². The Morgan fingerprint density at radius 1 is 1.20 bits per heavy atom. The second-order valence-electron chi connectivity index (χ2n) is 4.99. The summed E-state index contributed by atoms with van der Waals surface area (Å²) in [6, 6.07) is 5.26. The summed E-state index contributed by atoms with van der Waals surface area (Å²) in [6.45, 7) is 1.52. The highest BCUT2D eigenvalue weighted by molar-refractivity contribution is 6.18. The van der Waals surface area contributed by atoms with Crippen molar-refractivity contribution >= 4 is 17.5 Å². The molecule has 1 aliphatic rings. The zero-order chi connectivity index (χ0) is 14.5. The Morgan fingerprint density at radius 3 is 2.20 bits per heavy atom. The molecule has 1 aromatic carbocycles. The number of piperidine rings is 1. The molecule has 110 valence electrons. The molecule has 2 rings (SSSR count). The largest absolute Gasteiger partial charge is 0.497 e. The van der Waals surface area contributed by atoms with Crippen LogP contribution in [0.1, 0.15) is 23.2 Å². The van der Waals surface area contributed by atoms with Crippen LogP contribution in [0.25, 0.3) is 0 Å². The van der Waals surface area contributed by atoms with Crippen molar-refractivity contribution in [3.05, 3.63) is 23.8 Å². The Morgan fingerprint density at radius 2 is 1.75 bits per heavy atom. The van der Waals surface area contributed by atoms with Crippen molar-refractivity contribution < 1.29 is 14.3 Å². The number of ether oxygens (including phenoxy) is 2. The third kappa shape index (κ3) is 3.37. The molecule has 4 nitrogen and oxygen atoms in total. The number of alkyl halides is 1. The van der Waals surface area contributed by atoms with Crippen molar-refractivity contribution in [1.29, 1.82) is 0 Å². The number of halogens is 1. The van der Waals surface area contributed by atoms with E-state index < -0.39 is 0 Å². The van der Waals surface area contributed by atoms with E-state index in [1.54, 1.807) is 32.4 Å². The fourth-order valence-corrected chi connectivity index (χ4v) is 2.71. The van der Waals surface area contributed by atoms with Crippen LogP contribution in [0.2, 0.25) is 0 Å². The maximum absolute atomic E-state index is 12.5. The lowest BCUT2D eigenvalue weighted by atomic mass is 9.98. The molecule has 0 saturated carbocycles. The molecule has 0 atom stereocenters. The molecule has 0 aliphatic carbocycles. The minimum atomic E-state index is 0.0234. The third-order valence-electron chi connectivity index (χ3n) is 3.72. The fourth-order valence-electron chi connectivity index (χ4n) is 2.40. The lowest BCUT2D eigenvalue weighted by Gasteiger charge is -2.31. The minimum Gasteiger partial charge on any atom is -0.497 e. The first-order valence-corrected chi connectivity index (χ1v) is 7.29.